The number of unbranched alkanes of at least 4 members (excludes halogenated alkanes) is 10. The van der Waals surface area contributed by atoms with Crippen LogP contribution in [0.4, 0.5) is 0 Å². The van der Waals surface area contributed by atoms with E-state index in [0.29, 0.717) is 12.8 Å². The Balaban J connectivity index is 0. The standard InChI is InChI=1S/C14H28O2.C4H12N2O3/c1-2-3-4-5-6-7-8-9-10-11-12-13-14(15)16;1-4(2-3-5)6(7,8)9/h2-13H2,1H3,(H,15,16);4,7-8H,2-3,5H2,1H3. The first-order valence-corrected chi connectivity index (χ1v) is 9.72. The minimum atomic E-state index is -2.24. The Morgan fingerprint density at radius 3 is 1.64 bits per heavy atom. The number of carbonyl (C=O) groups is 1. The third kappa shape index (κ3) is 23.3. The van der Waals surface area contributed by atoms with E-state index >= 15 is 0 Å². The molecule has 0 aliphatic carbocycles. The molecule has 25 heavy (non-hydrogen) atoms. The molecule has 0 amide bonds. The van der Waals surface area contributed by atoms with Crippen LogP contribution in [0.2, 0.25) is 0 Å². The number of carboxylic acids is 1. The van der Waals surface area contributed by atoms with Crippen LogP contribution in [0.1, 0.15) is 97.3 Å². The third-order valence-corrected chi connectivity index (χ3v) is 4.15. The van der Waals surface area contributed by atoms with Gasteiger partial charge in [0.2, 0.25) is 0 Å². The van der Waals surface area contributed by atoms with Crippen LogP contribution in [0.25, 0.3) is 0 Å². The summed E-state index contributed by atoms with van der Waals surface area (Å²) in [5.41, 5.74) is 5.06. The van der Waals surface area contributed by atoms with Gasteiger partial charge in [-0.05, 0) is 19.9 Å². The van der Waals surface area contributed by atoms with Crippen molar-refractivity contribution in [2.75, 3.05) is 6.54 Å². The normalized spacial score (nSPS) is 12.4. The monoisotopic (exact) mass is 364 g/mol. The number of hydrogen-bond donors (Lipinski definition) is 4. The van der Waals surface area contributed by atoms with Crippen LogP contribution in [0, 0.1) is 5.21 Å². The molecule has 0 saturated heterocycles. The van der Waals surface area contributed by atoms with Gasteiger partial charge in [0.05, 0.1) is 0 Å². The fourth-order valence-electron chi connectivity index (χ4n) is 2.35. The summed E-state index contributed by atoms with van der Waals surface area (Å²) in [7, 11) is 0. The Labute approximate surface area is 152 Å². The largest absolute Gasteiger partial charge is 0.564 e. The van der Waals surface area contributed by atoms with Crippen molar-refractivity contribution < 1.29 is 25.3 Å². The molecule has 1 unspecified atom stereocenters. The Morgan fingerprint density at radius 2 is 1.36 bits per heavy atom. The molecule has 7 nitrogen and oxygen atoms in total. The Morgan fingerprint density at radius 1 is 0.960 bits per heavy atom. The van der Waals surface area contributed by atoms with Crippen molar-refractivity contribution in [3.05, 3.63) is 5.21 Å². The van der Waals surface area contributed by atoms with Crippen LogP contribution in [-0.2, 0) is 4.79 Å². The van der Waals surface area contributed by atoms with Gasteiger partial charge < -0.3 is 16.0 Å². The molecule has 0 aliphatic heterocycles. The minimum absolute atomic E-state index is 0.282. The highest BCUT2D eigenvalue weighted by Crippen LogP contribution is 2.11. The lowest BCUT2D eigenvalue weighted by Crippen LogP contribution is -2.43. The molecule has 7 heteroatoms. The molecular weight excluding hydrogens is 324 g/mol. The molecule has 0 aromatic carbocycles. The van der Waals surface area contributed by atoms with Gasteiger partial charge in [-0.1, -0.05) is 76.1 Å². The second-order valence-corrected chi connectivity index (χ2v) is 6.69. The van der Waals surface area contributed by atoms with E-state index < -0.39 is 17.0 Å². The quantitative estimate of drug-likeness (QED) is 0.191. The van der Waals surface area contributed by atoms with Crippen molar-refractivity contribution in [3.8, 4) is 0 Å². The van der Waals surface area contributed by atoms with Gasteiger partial charge in [0, 0.05) is 12.8 Å². The molecule has 0 aliphatic rings. The maximum absolute atomic E-state index is 10.3. The van der Waals surface area contributed by atoms with Crippen molar-refractivity contribution in [1.82, 2.24) is 0 Å². The van der Waals surface area contributed by atoms with Gasteiger partial charge in [0.1, 0.15) is 6.04 Å². The van der Waals surface area contributed by atoms with Gasteiger partial charge in [0.25, 0.3) is 0 Å². The van der Waals surface area contributed by atoms with E-state index in [0.717, 1.165) is 12.8 Å². The second-order valence-electron chi connectivity index (χ2n) is 6.69. The van der Waals surface area contributed by atoms with Crippen molar-refractivity contribution in [3.63, 3.8) is 0 Å². The number of nitrogens with two attached hydrogens (primary N) is 1. The molecule has 0 rings (SSSR count). The average molecular weight is 365 g/mol. The smallest absolute Gasteiger partial charge is 0.303 e. The molecule has 152 valence electrons. The van der Waals surface area contributed by atoms with E-state index in [4.69, 9.17) is 21.3 Å². The third-order valence-electron chi connectivity index (χ3n) is 4.15. The first kappa shape index (κ1) is 26.5. The van der Waals surface area contributed by atoms with Gasteiger partial charge >= 0.3 is 5.97 Å². The molecule has 5 N–H and O–H groups in total. The Hall–Kier alpha value is -0.730. The second kappa shape index (κ2) is 18.1. The number of rotatable bonds is 15. The van der Waals surface area contributed by atoms with Crippen LogP contribution in [0.5, 0.6) is 0 Å². The lowest BCUT2D eigenvalue weighted by atomic mass is 10.1. The highest BCUT2D eigenvalue weighted by Gasteiger charge is 2.19. The topological polar surface area (TPSA) is 127 Å². The summed E-state index contributed by atoms with van der Waals surface area (Å²) in [5.74, 6) is -0.657. The molecule has 0 bridgehead atoms. The van der Waals surface area contributed by atoms with Crippen LogP contribution < -0.4 is 5.73 Å². The molecule has 0 heterocycles. The summed E-state index contributed by atoms with van der Waals surface area (Å²) in [6.07, 6.45) is 14.7. The number of quaternary nitrogens is 1. The maximum atomic E-state index is 10.3. The van der Waals surface area contributed by atoms with Gasteiger partial charge in [-0.2, -0.15) is 10.4 Å². The van der Waals surface area contributed by atoms with Gasteiger partial charge in [0.15, 0.2) is 0 Å². The summed E-state index contributed by atoms with van der Waals surface area (Å²) >= 11 is 0. The first-order chi connectivity index (χ1) is 11.8. The fourth-order valence-corrected chi connectivity index (χ4v) is 2.35. The van der Waals surface area contributed by atoms with Crippen molar-refractivity contribution in [2.24, 2.45) is 5.73 Å². The number of carboxylic acid groups (broad SMARTS) is 1. The molecular formula is C18H40N2O5. The fraction of sp³-hybridized carbons (Fsp3) is 0.944. The van der Waals surface area contributed by atoms with Crippen LogP contribution in [0.15, 0.2) is 0 Å². The number of aliphatic carboxylic acids is 1. The van der Waals surface area contributed by atoms with Crippen molar-refractivity contribution in [2.45, 2.75) is 103 Å². The summed E-state index contributed by atoms with van der Waals surface area (Å²) < 4.78 is 0. The van der Waals surface area contributed by atoms with Crippen LogP contribution in [-0.4, -0.2) is 39.0 Å². The molecule has 1 atom stereocenters. The summed E-state index contributed by atoms with van der Waals surface area (Å²) in [5, 5.41) is 35.2. The number of nitrogens with zero attached hydrogens (tertiary/aromatic N) is 1. The summed E-state index contributed by atoms with van der Waals surface area (Å²) in [6.45, 7) is 3.95. The zero-order valence-electron chi connectivity index (χ0n) is 16.2. The average Bonchev–Trinajstić information content (AvgIpc) is 2.52. The van der Waals surface area contributed by atoms with Gasteiger partial charge in [-0.3, -0.25) is 4.79 Å². The number of hydrogen-bond acceptors (Lipinski definition) is 5. The molecule has 0 spiro atoms. The predicted octanol–water partition coefficient (Wildman–Crippen LogP) is 4.59. The Kier molecular flexibility index (Phi) is 19.2. The van der Waals surface area contributed by atoms with Crippen molar-refractivity contribution in [1.29, 1.82) is 0 Å². The van der Waals surface area contributed by atoms with Crippen LogP contribution >= 0.6 is 0 Å². The van der Waals surface area contributed by atoms with E-state index in [1.165, 1.54) is 64.7 Å². The zero-order chi connectivity index (χ0) is 19.6. The minimum Gasteiger partial charge on any atom is -0.564 e. The van der Waals surface area contributed by atoms with E-state index in [1.807, 2.05) is 0 Å². The zero-order valence-corrected chi connectivity index (χ0v) is 16.2. The predicted molar refractivity (Wildman–Crippen MR) is 99.0 cm³/mol. The Bertz CT molecular complexity index is 296. The highest BCUT2D eigenvalue weighted by molar-refractivity contribution is 5.66. The van der Waals surface area contributed by atoms with Gasteiger partial charge in [-0.15, -0.1) is 0 Å². The lowest BCUT2D eigenvalue weighted by molar-refractivity contribution is -1.23. The first-order valence-electron chi connectivity index (χ1n) is 9.72. The molecule has 0 aromatic rings. The van der Waals surface area contributed by atoms with Crippen molar-refractivity contribution >= 4 is 5.97 Å². The number of hydroxylamine groups is 3. The van der Waals surface area contributed by atoms with E-state index in [9.17, 15) is 10.0 Å². The van der Waals surface area contributed by atoms with E-state index in [-0.39, 0.29) is 6.54 Å². The highest BCUT2D eigenvalue weighted by atomic mass is 17.1. The lowest BCUT2D eigenvalue weighted by Gasteiger charge is -2.29. The maximum Gasteiger partial charge on any atom is 0.303 e. The molecule has 0 saturated carbocycles. The SMILES string of the molecule is CC(CCN)[N+]([O-])(O)O.CCCCCCCCCCCCCC(=O)O. The summed E-state index contributed by atoms with van der Waals surface area (Å²) in [6, 6.07) is -0.769. The molecule has 0 aromatic heterocycles. The molecule has 0 fully saturated rings. The van der Waals surface area contributed by atoms with Gasteiger partial charge in [-0.25, -0.2) is 0 Å². The summed E-state index contributed by atoms with van der Waals surface area (Å²) in [4.78, 5) is 8.02. The van der Waals surface area contributed by atoms with Crippen LogP contribution in [0.3, 0.4) is 0 Å². The molecule has 0 radical (unpaired) electrons. The van der Waals surface area contributed by atoms with E-state index in [1.54, 1.807) is 0 Å². The van der Waals surface area contributed by atoms with E-state index in [2.05, 4.69) is 6.92 Å².